The van der Waals surface area contributed by atoms with Crippen LogP contribution >= 0.6 is 0 Å². The third kappa shape index (κ3) is 1.02. The lowest BCUT2D eigenvalue weighted by Crippen LogP contribution is -2.09. The Morgan fingerprint density at radius 2 is 2.14 bits per heavy atom. The van der Waals surface area contributed by atoms with Crippen LogP contribution in [0.25, 0.3) is 10.9 Å². The van der Waals surface area contributed by atoms with E-state index >= 15 is 0 Å². The molecule has 1 aromatic heterocycles. The van der Waals surface area contributed by atoms with E-state index in [0.29, 0.717) is 10.9 Å². The van der Waals surface area contributed by atoms with Crippen molar-refractivity contribution in [3.05, 3.63) is 46.1 Å². The fourth-order valence-electron chi connectivity index (χ4n) is 1.40. The van der Waals surface area contributed by atoms with Crippen molar-refractivity contribution >= 4 is 10.9 Å². The van der Waals surface area contributed by atoms with Gasteiger partial charge in [0.05, 0.1) is 0 Å². The molecule has 0 saturated heterocycles. The Morgan fingerprint density at radius 3 is 2.79 bits per heavy atom. The number of nitrogens with zero attached hydrogens (tertiary/aromatic N) is 3. The predicted octanol–water partition coefficient (Wildman–Crippen LogP) is 1.55. The average Bonchev–Trinajstić information content (AvgIpc) is 2.55. The van der Waals surface area contributed by atoms with Crippen LogP contribution in [0.4, 0.5) is 0 Å². The first-order valence-electron chi connectivity index (χ1n) is 3.89. The van der Waals surface area contributed by atoms with Gasteiger partial charge in [-0.05, 0) is 12.1 Å². The minimum absolute atomic E-state index is 0.0381. The Morgan fingerprint density at radius 1 is 1.43 bits per heavy atom. The minimum Gasteiger partial charge on any atom is -0.234 e. The van der Waals surface area contributed by atoms with Crippen LogP contribution in [0.15, 0.2) is 30.3 Å². The normalized spacial score (nSPS) is 9.93. The molecule has 0 aliphatic carbocycles. The predicted molar refractivity (Wildman–Crippen MR) is 49.0 cm³/mol. The van der Waals surface area contributed by atoms with Crippen LogP contribution in [-0.2, 0) is 0 Å². The van der Waals surface area contributed by atoms with Gasteiger partial charge in [-0.1, -0.05) is 22.9 Å². The Bertz CT molecular complexity index is 551. The van der Waals surface area contributed by atoms with E-state index in [0.717, 1.165) is 4.68 Å². The average molecular weight is 187 g/mol. The lowest BCUT2D eigenvalue weighted by molar-refractivity contribution is -0.538. The second kappa shape index (κ2) is 2.85. The topological polar surface area (TPSA) is 71.9 Å². The first-order valence-corrected chi connectivity index (χ1v) is 3.89. The molecule has 0 aliphatic heterocycles. The molecule has 1 heterocycles. The summed E-state index contributed by atoms with van der Waals surface area (Å²) in [6, 6.07) is 10.1. The fraction of sp³-hybridized carbons (Fsp3) is 0. The molecule has 68 valence electrons. The zero-order chi connectivity index (χ0) is 10.1. The Hall–Kier alpha value is -2.35. The summed E-state index contributed by atoms with van der Waals surface area (Å²) in [6.07, 6.45) is 0. The first kappa shape index (κ1) is 8.26. The van der Waals surface area contributed by atoms with Gasteiger partial charge in [-0.3, -0.25) is 0 Å². The maximum atomic E-state index is 10.7. The number of benzene rings is 1. The van der Waals surface area contributed by atoms with Gasteiger partial charge in [0.25, 0.3) is 0 Å². The number of fused-ring (bicyclic) bond motifs is 1. The zero-order valence-corrected chi connectivity index (χ0v) is 7.04. The largest absolute Gasteiger partial charge is 0.234 e. The van der Waals surface area contributed by atoms with Crippen LogP contribution in [0.3, 0.4) is 0 Å². The monoisotopic (exact) mass is 187 g/mol. The van der Waals surface area contributed by atoms with E-state index in [1.54, 1.807) is 30.3 Å². The zero-order valence-electron chi connectivity index (χ0n) is 7.04. The summed E-state index contributed by atoms with van der Waals surface area (Å²) in [7, 11) is 0. The molecule has 0 fully saturated rings. The number of nitro groups is 1. The number of nitriles is 1. The Balaban J connectivity index is 2.89. The summed E-state index contributed by atoms with van der Waals surface area (Å²) in [5.41, 5.74) is 0.477. The van der Waals surface area contributed by atoms with Crippen molar-refractivity contribution in [1.29, 1.82) is 5.26 Å². The lowest BCUT2D eigenvalue weighted by atomic mass is 10.2. The molecule has 0 bridgehead atoms. The molecule has 2 aromatic rings. The van der Waals surface area contributed by atoms with Gasteiger partial charge in [0.15, 0.2) is 10.7 Å². The number of hydrogen-bond acceptors (Lipinski definition) is 3. The quantitative estimate of drug-likeness (QED) is 0.502. The molecular formula is C9H5N3O2. The molecule has 5 heteroatoms. The standard InChI is InChI=1S/C9H5N3O2/c10-6-8-5-7-3-1-2-4-9(7)11(8)12(13)14/h1-5H. The third-order valence-electron chi connectivity index (χ3n) is 1.96. The molecule has 0 N–H and O–H groups in total. The maximum Gasteiger partial charge on any atom is 0.188 e. The summed E-state index contributed by atoms with van der Waals surface area (Å²) >= 11 is 0. The molecular weight excluding hydrogens is 182 g/mol. The molecule has 0 amide bonds. The highest BCUT2D eigenvalue weighted by Gasteiger charge is 2.15. The number of para-hydroxylation sites is 1. The van der Waals surface area contributed by atoms with Crippen LogP contribution < -0.4 is 0 Å². The van der Waals surface area contributed by atoms with Gasteiger partial charge >= 0.3 is 0 Å². The number of rotatable bonds is 1. The lowest BCUT2D eigenvalue weighted by Gasteiger charge is -1.93. The van der Waals surface area contributed by atoms with E-state index < -0.39 is 5.03 Å². The van der Waals surface area contributed by atoms with E-state index in [-0.39, 0.29) is 5.69 Å². The van der Waals surface area contributed by atoms with Crippen molar-refractivity contribution in [2.75, 3.05) is 0 Å². The smallest absolute Gasteiger partial charge is 0.188 e. The van der Waals surface area contributed by atoms with Gasteiger partial charge in [0.1, 0.15) is 11.6 Å². The summed E-state index contributed by atoms with van der Waals surface area (Å²) in [4.78, 5) is 10.7. The minimum atomic E-state index is -0.596. The van der Waals surface area contributed by atoms with Gasteiger partial charge in [-0.25, -0.2) is 10.1 Å². The van der Waals surface area contributed by atoms with E-state index in [4.69, 9.17) is 5.26 Å². The van der Waals surface area contributed by atoms with Gasteiger partial charge < -0.3 is 0 Å². The van der Waals surface area contributed by atoms with Crippen LogP contribution in [0.1, 0.15) is 5.69 Å². The SMILES string of the molecule is N#Cc1cc2ccccc2n1[N+](=O)[O-]. The molecule has 5 nitrogen and oxygen atoms in total. The van der Waals surface area contributed by atoms with Crippen molar-refractivity contribution in [2.45, 2.75) is 0 Å². The summed E-state index contributed by atoms with van der Waals surface area (Å²) in [6.45, 7) is 0. The van der Waals surface area contributed by atoms with Crippen molar-refractivity contribution in [1.82, 2.24) is 4.68 Å². The number of aromatic nitrogens is 1. The molecule has 0 unspecified atom stereocenters. The van der Waals surface area contributed by atoms with E-state index in [1.165, 1.54) is 6.07 Å². The highest BCUT2D eigenvalue weighted by atomic mass is 16.7. The molecule has 2 rings (SSSR count). The van der Waals surface area contributed by atoms with Crippen LogP contribution in [-0.4, -0.2) is 9.71 Å². The van der Waals surface area contributed by atoms with Crippen molar-refractivity contribution in [3.63, 3.8) is 0 Å². The Labute approximate surface area is 78.9 Å². The van der Waals surface area contributed by atoms with E-state index in [9.17, 15) is 10.1 Å². The Kier molecular flexibility index (Phi) is 1.68. The van der Waals surface area contributed by atoms with E-state index in [1.807, 2.05) is 0 Å². The molecule has 1 aromatic carbocycles. The van der Waals surface area contributed by atoms with Gasteiger partial charge in [0, 0.05) is 5.39 Å². The van der Waals surface area contributed by atoms with Gasteiger partial charge in [-0.15, -0.1) is 0 Å². The highest BCUT2D eigenvalue weighted by Crippen LogP contribution is 2.18. The van der Waals surface area contributed by atoms with E-state index in [2.05, 4.69) is 0 Å². The van der Waals surface area contributed by atoms with Crippen molar-refractivity contribution in [3.8, 4) is 6.07 Å². The first-order chi connectivity index (χ1) is 6.74. The van der Waals surface area contributed by atoms with Crippen molar-refractivity contribution in [2.24, 2.45) is 0 Å². The maximum absolute atomic E-state index is 10.7. The van der Waals surface area contributed by atoms with Crippen LogP contribution in [0.5, 0.6) is 0 Å². The van der Waals surface area contributed by atoms with Gasteiger partial charge in [0.2, 0.25) is 0 Å². The van der Waals surface area contributed by atoms with Crippen molar-refractivity contribution < 1.29 is 5.03 Å². The second-order valence-electron chi connectivity index (χ2n) is 2.75. The molecule has 14 heavy (non-hydrogen) atoms. The fourth-order valence-corrected chi connectivity index (χ4v) is 1.40. The molecule has 0 spiro atoms. The molecule has 0 atom stereocenters. The summed E-state index contributed by atoms with van der Waals surface area (Å²) in [5, 5.41) is 19.5. The highest BCUT2D eigenvalue weighted by molar-refractivity contribution is 5.81. The van der Waals surface area contributed by atoms with Gasteiger partial charge in [-0.2, -0.15) is 5.26 Å². The summed E-state index contributed by atoms with van der Waals surface area (Å²) < 4.78 is 0.787. The molecule has 0 radical (unpaired) electrons. The molecule has 0 saturated carbocycles. The number of hydrogen-bond donors (Lipinski definition) is 0. The van der Waals surface area contributed by atoms with Crippen LogP contribution in [0, 0.1) is 21.4 Å². The molecule has 0 aliphatic rings. The second-order valence-corrected chi connectivity index (χ2v) is 2.75. The third-order valence-corrected chi connectivity index (χ3v) is 1.96. The summed E-state index contributed by atoms with van der Waals surface area (Å²) in [5.74, 6) is 0. The van der Waals surface area contributed by atoms with Crippen LogP contribution in [0.2, 0.25) is 0 Å².